The molecule has 0 bridgehead atoms. The molecular weight excluding hydrogens is 298 g/mol. The third-order valence-electron chi connectivity index (χ3n) is 5.28. The van der Waals surface area contributed by atoms with Crippen LogP contribution in [0.2, 0.25) is 0 Å². The predicted octanol–water partition coefficient (Wildman–Crippen LogP) is 4.75. The van der Waals surface area contributed by atoms with Crippen LogP contribution in [-0.2, 0) is 4.79 Å². The van der Waals surface area contributed by atoms with Crippen LogP contribution in [0.3, 0.4) is 0 Å². The van der Waals surface area contributed by atoms with Crippen molar-refractivity contribution in [2.45, 2.75) is 65.3 Å². The molecule has 24 heavy (non-hydrogen) atoms. The average Bonchev–Trinajstić information content (AvgIpc) is 3.19. The lowest BCUT2D eigenvalue weighted by Crippen LogP contribution is -2.32. The molecule has 1 aromatic heterocycles. The van der Waals surface area contributed by atoms with Crippen LogP contribution in [0.15, 0.2) is 18.2 Å². The SMILES string of the molecule is CCCC(CC)CC(=O)N1CCCC1c1nc2ccc(C)cc2[nH]1. The smallest absolute Gasteiger partial charge is 0.223 e. The van der Waals surface area contributed by atoms with Gasteiger partial charge in [-0.15, -0.1) is 0 Å². The van der Waals surface area contributed by atoms with Crippen LogP contribution in [-0.4, -0.2) is 27.3 Å². The molecular formula is C20H29N3O. The van der Waals surface area contributed by atoms with Crippen LogP contribution in [0.25, 0.3) is 11.0 Å². The molecule has 3 rings (SSSR count). The fourth-order valence-corrected chi connectivity index (χ4v) is 3.87. The van der Waals surface area contributed by atoms with Crippen molar-refractivity contribution >= 4 is 16.9 Å². The molecule has 0 aliphatic carbocycles. The van der Waals surface area contributed by atoms with E-state index in [0.717, 1.165) is 55.5 Å². The third-order valence-corrected chi connectivity index (χ3v) is 5.28. The van der Waals surface area contributed by atoms with Crippen molar-refractivity contribution < 1.29 is 4.79 Å². The Labute approximate surface area is 144 Å². The Hall–Kier alpha value is -1.84. The molecule has 2 heterocycles. The van der Waals surface area contributed by atoms with Gasteiger partial charge in [0.25, 0.3) is 0 Å². The summed E-state index contributed by atoms with van der Waals surface area (Å²) < 4.78 is 0. The number of H-pyrrole nitrogens is 1. The fraction of sp³-hybridized carbons (Fsp3) is 0.600. The number of imidazole rings is 1. The fourth-order valence-electron chi connectivity index (χ4n) is 3.87. The molecule has 0 radical (unpaired) electrons. The number of aromatic nitrogens is 2. The van der Waals surface area contributed by atoms with Crippen molar-refractivity contribution in [2.75, 3.05) is 6.54 Å². The Kier molecular flexibility index (Phi) is 5.22. The standard InChI is InChI=1S/C20H29N3O/c1-4-7-15(5-2)13-19(24)23-11-6-8-18(23)20-21-16-10-9-14(3)12-17(16)22-20/h9-10,12,15,18H,4-8,11,13H2,1-3H3,(H,21,22). The minimum atomic E-state index is 0.115. The number of amides is 1. The quantitative estimate of drug-likeness (QED) is 0.832. The molecule has 1 N–H and O–H groups in total. The van der Waals surface area contributed by atoms with Crippen molar-refractivity contribution in [1.29, 1.82) is 0 Å². The van der Waals surface area contributed by atoms with Crippen molar-refractivity contribution in [3.8, 4) is 0 Å². The number of aromatic amines is 1. The van der Waals surface area contributed by atoms with Gasteiger partial charge in [-0.1, -0.05) is 39.2 Å². The van der Waals surface area contributed by atoms with E-state index in [4.69, 9.17) is 4.98 Å². The van der Waals surface area contributed by atoms with Crippen LogP contribution in [0.5, 0.6) is 0 Å². The van der Waals surface area contributed by atoms with E-state index in [2.05, 4.69) is 48.9 Å². The lowest BCUT2D eigenvalue weighted by molar-refractivity contribution is -0.133. The highest BCUT2D eigenvalue weighted by Gasteiger charge is 2.32. The number of likely N-dealkylation sites (tertiary alicyclic amines) is 1. The third kappa shape index (κ3) is 3.47. The maximum atomic E-state index is 12.8. The molecule has 1 aromatic carbocycles. The number of nitrogens with one attached hydrogen (secondary N) is 1. The molecule has 1 saturated heterocycles. The topological polar surface area (TPSA) is 49.0 Å². The second kappa shape index (κ2) is 7.37. The lowest BCUT2D eigenvalue weighted by Gasteiger charge is -2.25. The van der Waals surface area contributed by atoms with Gasteiger partial charge >= 0.3 is 0 Å². The molecule has 0 spiro atoms. The van der Waals surface area contributed by atoms with Crippen LogP contribution >= 0.6 is 0 Å². The summed E-state index contributed by atoms with van der Waals surface area (Å²) >= 11 is 0. The van der Waals surface area contributed by atoms with E-state index in [1.54, 1.807) is 0 Å². The van der Waals surface area contributed by atoms with Gasteiger partial charge in [-0.25, -0.2) is 4.98 Å². The monoisotopic (exact) mass is 327 g/mol. The van der Waals surface area contributed by atoms with E-state index in [1.807, 2.05) is 0 Å². The highest BCUT2D eigenvalue weighted by Crippen LogP contribution is 2.33. The van der Waals surface area contributed by atoms with Gasteiger partial charge in [-0.3, -0.25) is 4.79 Å². The molecule has 2 atom stereocenters. The number of hydrogen-bond acceptors (Lipinski definition) is 2. The van der Waals surface area contributed by atoms with Gasteiger partial charge in [-0.05, 0) is 43.4 Å². The molecule has 1 amide bonds. The van der Waals surface area contributed by atoms with Crippen LogP contribution in [0.1, 0.15) is 69.8 Å². The van der Waals surface area contributed by atoms with Crippen molar-refractivity contribution in [3.05, 3.63) is 29.6 Å². The van der Waals surface area contributed by atoms with Gasteiger partial charge < -0.3 is 9.88 Å². The number of benzene rings is 1. The van der Waals surface area contributed by atoms with Gasteiger partial charge in [0.05, 0.1) is 17.1 Å². The molecule has 1 fully saturated rings. The summed E-state index contributed by atoms with van der Waals surface area (Å²) in [7, 11) is 0. The van der Waals surface area contributed by atoms with Gasteiger partial charge in [-0.2, -0.15) is 0 Å². The highest BCUT2D eigenvalue weighted by molar-refractivity contribution is 5.78. The number of fused-ring (bicyclic) bond motifs is 1. The summed E-state index contributed by atoms with van der Waals surface area (Å²) in [6.45, 7) is 7.34. The van der Waals surface area contributed by atoms with Gasteiger partial charge in [0.1, 0.15) is 5.82 Å². The highest BCUT2D eigenvalue weighted by atomic mass is 16.2. The van der Waals surface area contributed by atoms with Gasteiger partial charge in [0, 0.05) is 13.0 Å². The zero-order chi connectivity index (χ0) is 17.1. The first-order valence-corrected chi connectivity index (χ1v) is 9.38. The van der Waals surface area contributed by atoms with E-state index >= 15 is 0 Å². The maximum Gasteiger partial charge on any atom is 0.223 e. The van der Waals surface area contributed by atoms with Gasteiger partial charge in [0.15, 0.2) is 0 Å². The first-order chi connectivity index (χ1) is 11.6. The molecule has 4 nitrogen and oxygen atoms in total. The number of hydrogen-bond donors (Lipinski definition) is 1. The molecule has 2 aromatic rings. The zero-order valence-electron chi connectivity index (χ0n) is 15.1. The Morgan fingerprint density at radius 1 is 1.42 bits per heavy atom. The number of rotatable bonds is 6. The van der Waals surface area contributed by atoms with Crippen molar-refractivity contribution in [2.24, 2.45) is 5.92 Å². The summed E-state index contributed by atoms with van der Waals surface area (Å²) in [6.07, 6.45) is 6.14. The number of aryl methyl sites for hydroxylation is 1. The lowest BCUT2D eigenvalue weighted by atomic mass is 9.96. The summed E-state index contributed by atoms with van der Waals surface area (Å²) in [6, 6.07) is 6.38. The molecule has 2 unspecified atom stereocenters. The van der Waals surface area contributed by atoms with Crippen molar-refractivity contribution in [1.82, 2.24) is 14.9 Å². The second-order valence-electron chi connectivity index (χ2n) is 7.15. The summed E-state index contributed by atoms with van der Waals surface area (Å²) in [4.78, 5) is 23.1. The zero-order valence-corrected chi connectivity index (χ0v) is 15.1. The number of nitrogens with zero attached hydrogens (tertiary/aromatic N) is 2. The van der Waals surface area contributed by atoms with E-state index in [9.17, 15) is 4.79 Å². The Balaban J connectivity index is 1.77. The predicted molar refractivity (Wildman–Crippen MR) is 97.8 cm³/mol. The molecule has 130 valence electrons. The van der Waals surface area contributed by atoms with E-state index in [0.29, 0.717) is 18.2 Å². The minimum absolute atomic E-state index is 0.115. The van der Waals surface area contributed by atoms with E-state index < -0.39 is 0 Å². The van der Waals surface area contributed by atoms with E-state index in [1.165, 1.54) is 5.56 Å². The Bertz CT molecular complexity index is 706. The molecule has 1 aliphatic rings. The summed E-state index contributed by atoms with van der Waals surface area (Å²) in [5.41, 5.74) is 3.29. The number of carbonyl (C=O) groups excluding carboxylic acids is 1. The normalized spacial score (nSPS) is 19.1. The van der Waals surface area contributed by atoms with Crippen LogP contribution in [0.4, 0.5) is 0 Å². The van der Waals surface area contributed by atoms with Gasteiger partial charge in [0.2, 0.25) is 5.91 Å². The summed E-state index contributed by atoms with van der Waals surface area (Å²) in [5, 5.41) is 0. The minimum Gasteiger partial charge on any atom is -0.340 e. The summed E-state index contributed by atoms with van der Waals surface area (Å²) in [5.74, 6) is 1.77. The Morgan fingerprint density at radius 2 is 2.25 bits per heavy atom. The van der Waals surface area contributed by atoms with E-state index in [-0.39, 0.29) is 6.04 Å². The first-order valence-electron chi connectivity index (χ1n) is 9.38. The molecule has 1 aliphatic heterocycles. The largest absolute Gasteiger partial charge is 0.340 e. The maximum absolute atomic E-state index is 12.8. The first kappa shape index (κ1) is 17.0. The van der Waals surface area contributed by atoms with Crippen LogP contribution in [0, 0.1) is 12.8 Å². The average molecular weight is 327 g/mol. The Morgan fingerprint density at radius 3 is 3.00 bits per heavy atom. The second-order valence-corrected chi connectivity index (χ2v) is 7.15. The molecule has 0 saturated carbocycles. The molecule has 4 heteroatoms. The number of carbonyl (C=O) groups is 1. The van der Waals surface area contributed by atoms with Crippen LogP contribution < -0.4 is 0 Å². The van der Waals surface area contributed by atoms with Crippen molar-refractivity contribution in [3.63, 3.8) is 0 Å².